The molecule has 0 fully saturated rings. The molecule has 13 heavy (non-hydrogen) atoms. The van der Waals surface area contributed by atoms with E-state index in [9.17, 15) is 4.79 Å². The molecule has 4 nitrogen and oxygen atoms in total. The zero-order chi connectivity index (χ0) is 10.3. The molecule has 0 heterocycles. The molecule has 3 N–H and O–H groups in total. The second-order valence-electron chi connectivity index (χ2n) is 3.74. The van der Waals surface area contributed by atoms with Gasteiger partial charge >= 0.3 is 0 Å². The van der Waals surface area contributed by atoms with Crippen LogP contribution in [0.25, 0.3) is 0 Å². The van der Waals surface area contributed by atoms with Crippen LogP contribution in [-0.4, -0.2) is 31.2 Å². The topological polar surface area (TPSA) is 64.3 Å². The molecule has 0 aliphatic carbocycles. The third-order valence-electron chi connectivity index (χ3n) is 1.32. The van der Waals surface area contributed by atoms with E-state index in [0.717, 1.165) is 0 Å². The van der Waals surface area contributed by atoms with E-state index in [1.54, 1.807) is 0 Å². The van der Waals surface area contributed by atoms with Gasteiger partial charge in [-0.05, 0) is 20.8 Å². The molecule has 0 spiro atoms. The van der Waals surface area contributed by atoms with Crippen molar-refractivity contribution in [1.29, 1.82) is 0 Å². The van der Waals surface area contributed by atoms with Crippen molar-refractivity contribution >= 4 is 5.91 Å². The molecule has 0 aromatic heterocycles. The summed E-state index contributed by atoms with van der Waals surface area (Å²) in [5.74, 6) is 0.0253. The molecule has 0 rings (SSSR count). The third kappa shape index (κ3) is 9.30. The van der Waals surface area contributed by atoms with Crippen molar-refractivity contribution in [3.05, 3.63) is 0 Å². The van der Waals surface area contributed by atoms with E-state index in [4.69, 9.17) is 10.5 Å². The van der Waals surface area contributed by atoms with Crippen LogP contribution >= 0.6 is 0 Å². The van der Waals surface area contributed by atoms with Gasteiger partial charge in [0.2, 0.25) is 5.91 Å². The normalized spacial score (nSPS) is 11.4. The van der Waals surface area contributed by atoms with Gasteiger partial charge in [0.15, 0.2) is 0 Å². The first-order chi connectivity index (χ1) is 5.95. The maximum absolute atomic E-state index is 10.9. The predicted octanol–water partition coefficient (Wildman–Crippen LogP) is 0.267. The maximum atomic E-state index is 10.9. The summed E-state index contributed by atoms with van der Waals surface area (Å²) < 4.78 is 5.23. The van der Waals surface area contributed by atoms with E-state index in [2.05, 4.69) is 5.32 Å². The van der Waals surface area contributed by atoms with Gasteiger partial charge in [-0.25, -0.2) is 0 Å². The highest BCUT2D eigenvalue weighted by molar-refractivity contribution is 5.75. The molecule has 0 saturated heterocycles. The minimum Gasteiger partial charge on any atom is -0.379 e. The number of rotatable bonds is 6. The van der Waals surface area contributed by atoms with Gasteiger partial charge in [0.05, 0.1) is 13.2 Å². The Balaban J connectivity index is 3.31. The number of hydrogen-bond donors (Lipinski definition) is 2. The molecule has 0 aliphatic rings. The summed E-state index contributed by atoms with van der Waals surface area (Å²) in [5, 5.41) is 2.69. The standard InChI is InChI=1S/C9H20N2O2/c1-4-11-8(12)5-6-13-7-9(2,3)10/h4-7,10H2,1-3H3,(H,11,12). The van der Waals surface area contributed by atoms with Crippen LogP contribution < -0.4 is 11.1 Å². The molecule has 78 valence electrons. The fourth-order valence-corrected chi connectivity index (χ4v) is 0.786. The number of carbonyl (C=O) groups is 1. The number of ether oxygens (including phenoxy) is 1. The summed E-state index contributed by atoms with van der Waals surface area (Å²) in [4.78, 5) is 10.9. The summed E-state index contributed by atoms with van der Waals surface area (Å²) >= 11 is 0. The lowest BCUT2D eigenvalue weighted by Crippen LogP contribution is -2.37. The number of hydrogen-bond acceptors (Lipinski definition) is 3. The average molecular weight is 188 g/mol. The maximum Gasteiger partial charge on any atom is 0.222 e. The van der Waals surface area contributed by atoms with Crippen LogP contribution in [-0.2, 0) is 9.53 Å². The zero-order valence-corrected chi connectivity index (χ0v) is 8.72. The first-order valence-electron chi connectivity index (χ1n) is 4.59. The zero-order valence-electron chi connectivity index (χ0n) is 8.72. The lowest BCUT2D eigenvalue weighted by molar-refractivity contribution is -0.122. The molecule has 0 saturated carbocycles. The summed E-state index contributed by atoms with van der Waals surface area (Å²) in [6.45, 7) is 7.25. The van der Waals surface area contributed by atoms with Crippen LogP contribution in [0.2, 0.25) is 0 Å². The molecule has 0 radical (unpaired) electrons. The molecule has 0 aromatic rings. The summed E-state index contributed by atoms with van der Waals surface area (Å²) in [6, 6.07) is 0. The Hall–Kier alpha value is -0.610. The second kappa shape index (κ2) is 5.94. The predicted molar refractivity (Wildman–Crippen MR) is 52.4 cm³/mol. The Morgan fingerprint density at radius 3 is 2.62 bits per heavy atom. The molecule has 0 aromatic carbocycles. The van der Waals surface area contributed by atoms with Crippen molar-refractivity contribution in [1.82, 2.24) is 5.32 Å². The Morgan fingerprint density at radius 2 is 2.15 bits per heavy atom. The highest BCUT2D eigenvalue weighted by Gasteiger charge is 2.10. The summed E-state index contributed by atoms with van der Waals surface area (Å²) in [5.41, 5.74) is 5.37. The van der Waals surface area contributed by atoms with Gasteiger partial charge in [0.25, 0.3) is 0 Å². The molecule has 0 atom stereocenters. The van der Waals surface area contributed by atoms with Crippen molar-refractivity contribution in [2.75, 3.05) is 19.8 Å². The van der Waals surface area contributed by atoms with E-state index in [1.165, 1.54) is 0 Å². The van der Waals surface area contributed by atoms with Crippen LogP contribution in [0.15, 0.2) is 0 Å². The van der Waals surface area contributed by atoms with Crippen molar-refractivity contribution in [3.8, 4) is 0 Å². The highest BCUT2D eigenvalue weighted by Crippen LogP contribution is 1.97. The van der Waals surface area contributed by atoms with Crippen LogP contribution in [0.5, 0.6) is 0 Å². The molecular formula is C9H20N2O2. The van der Waals surface area contributed by atoms with Gasteiger partial charge in [0, 0.05) is 18.5 Å². The molecular weight excluding hydrogens is 168 g/mol. The number of nitrogens with two attached hydrogens (primary N) is 1. The summed E-state index contributed by atoms with van der Waals surface area (Å²) in [7, 11) is 0. The van der Waals surface area contributed by atoms with Gasteiger partial charge in [0.1, 0.15) is 0 Å². The lowest BCUT2D eigenvalue weighted by atomic mass is 10.1. The minimum atomic E-state index is -0.318. The van der Waals surface area contributed by atoms with Gasteiger partial charge < -0.3 is 15.8 Å². The lowest BCUT2D eigenvalue weighted by Gasteiger charge is -2.17. The van der Waals surface area contributed by atoms with E-state index in [1.807, 2.05) is 20.8 Å². The van der Waals surface area contributed by atoms with Crippen molar-refractivity contribution in [2.24, 2.45) is 5.73 Å². The van der Waals surface area contributed by atoms with Gasteiger partial charge in [-0.3, -0.25) is 4.79 Å². The van der Waals surface area contributed by atoms with Crippen LogP contribution in [0, 0.1) is 0 Å². The molecule has 0 unspecified atom stereocenters. The van der Waals surface area contributed by atoms with Crippen LogP contribution in [0.4, 0.5) is 0 Å². The second-order valence-corrected chi connectivity index (χ2v) is 3.74. The average Bonchev–Trinajstić information content (AvgIpc) is 1.97. The Morgan fingerprint density at radius 1 is 1.54 bits per heavy atom. The molecule has 0 bridgehead atoms. The van der Waals surface area contributed by atoms with Crippen molar-refractivity contribution < 1.29 is 9.53 Å². The number of nitrogens with one attached hydrogen (secondary N) is 1. The van der Waals surface area contributed by atoms with E-state index >= 15 is 0 Å². The number of carbonyl (C=O) groups excluding carboxylic acids is 1. The Bertz CT molecular complexity index is 152. The van der Waals surface area contributed by atoms with Crippen LogP contribution in [0.1, 0.15) is 27.2 Å². The quantitative estimate of drug-likeness (QED) is 0.588. The van der Waals surface area contributed by atoms with Gasteiger partial charge in [-0.2, -0.15) is 0 Å². The smallest absolute Gasteiger partial charge is 0.222 e. The fourth-order valence-electron chi connectivity index (χ4n) is 0.786. The highest BCUT2D eigenvalue weighted by atomic mass is 16.5. The molecule has 0 aliphatic heterocycles. The monoisotopic (exact) mass is 188 g/mol. The van der Waals surface area contributed by atoms with E-state index in [-0.39, 0.29) is 11.4 Å². The Kier molecular flexibility index (Phi) is 5.66. The van der Waals surface area contributed by atoms with Crippen LogP contribution in [0.3, 0.4) is 0 Å². The van der Waals surface area contributed by atoms with Crippen molar-refractivity contribution in [2.45, 2.75) is 32.7 Å². The van der Waals surface area contributed by atoms with Gasteiger partial charge in [-0.15, -0.1) is 0 Å². The van der Waals surface area contributed by atoms with E-state index < -0.39 is 0 Å². The third-order valence-corrected chi connectivity index (χ3v) is 1.32. The minimum absolute atomic E-state index is 0.0253. The largest absolute Gasteiger partial charge is 0.379 e. The van der Waals surface area contributed by atoms with Gasteiger partial charge in [-0.1, -0.05) is 0 Å². The summed E-state index contributed by atoms with van der Waals surface area (Å²) in [6.07, 6.45) is 0.407. The molecule has 1 amide bonds. The SMILES string of the molecule is CCNC(=O)CCOCC(C)(C)N. The first-order valence-corrected chi connectivity index (χ1v) is 4.59. The fraction of sp³-hybridized carbons (Fsp3) is 0.889. The molecule has 4 heteroatoms. The van der Waals surface area contributed by atoms with Crippen molar-refractivity contribution in [3.63, 3.8) is 0 Å². The van der Waals surface area contributed by atoms with E-state index in [0.29, 0.717) is 26.2 Å². The first kappa shape index (κ1) is 12.4. The Labute approximate surface area is 79.8 Å². The number of amides is 1.